The Labute approximate surface area is 101 Å². The molecule has 1 N–H and O–H groups in total. The van der Waals surface area contributed by atoms with Crippen LogP contribution in [0.3, 0.4) is 0 Å². The maximum Gasteiger partial charge on any atom is 0.392 e. The Morgan fingerprint density at radius 1 is 1.22 bits per heavy atom. The Balaban J connectivity index is 2.08. The van der Waals surface area contributed by atoms with Gasteiger partial charge in [-0.3, -0.25) is 0 Å². The fourth-order valence-corrected chi connectivity index (χ4v) is 2.67. The van der Waals surface area contributed by atoms with Gasteiger partial charge in [-0.1, -0.05) is 0 Å². The molecular weight excluding hydrogens is 246 g/mol. The number of benzene rings is 1. The van der Waals surface area contributed by atoms with Gasteiger partial charge in [0.2, 0.25) is 0 Å². The Morgan fingerprint density at radius 3 is 2.72 bits per heavy atom. The average Bonchev–Trinajstić information content (AvgIpc) is 2.65. The summed E-state index contributed by atoms with van der Waals surface area (Å²) in [4.78, 5) is 3.08. The van der Waals surface area contributed by atoms with E-state index in [0.29, 0.717) is 22.9 Å². The minimum atomic E-state index is -4.17. The monoisotopic (exact) mass is 257 g/mol. The van der Waals surface area contributed by atoms with Crippen LogP contribution in [0.5, 0.6) is 0 Å². The topological polar surface area (TPSA) is 15.8 Å². The van der Waals surface area contributed by atoms with E-state index >= 15 is 0 Å². The molecule has 1 unspecified atom stereocenters. The smallest absolute Gasteiger partial charge is 0.358 e. The summed E-state index contributed by atoms with van der Waals surface area (Å²) >= 11 is 0. The van der Waals surface area contributed by atoms with Gasteiger partial charge in [0.15, 0.2) is 0 Å². The molecule has 5 heteroatoms. The minimum absolute atomic E-state index is 0.0533. The third kappa shape index (κ3) is 1.78. The van der Waals surface area contributed by atoms with Crippen molar-refractivity contribution in [3.63, 3.8) is 0 Å². The van der Waals surface area contributed by atoms with Gasteiger partial charge in [0.25, 0.3) is 0 Å². The second-order valence-electron chi connectivity index (χ2n) is 4.75. The molecule has 96 valence electrons. The molecule has 1 aromatic heterocycles. The Hall–Kier alpha value is -1.52. The van der Waals surface area contributed by atoms with E-state index in [9.17, 15) is 17.6 Å². The highest BCUT2D eigenvalue weighted by molar-refractivity contribution is 5.85. The molecule has 0 aliphatic heterocycles. The molecule has 1 aliphatic carbocycles. The molecule has 1 nitrogen and oxygen atoms in total. The van der Waals surface area contributed by atoms with Crippen LogP contribution in [0, 0.1) is 11.7 Å². The third-order valence-corrected chi connectivity index (χ3v) is 3.61. The fraction of sp³-hybridized carbons (Fsp3) is 0.385. The molecule has 0 amide bonds. The van der Waals surface area contributed by atoms with Crippen molar-refractivity contribution >= 4 is 10.9 Å². The molecule has 2 aromatic rings. The number of fused-ring (bicyclic) bond motifs is 3. The van der Waals surface area contributed by atoms with Gasteiger partial charge in [0, 0.05) is 16.6 Å². The predicted octanol–water partition coefficient (Wildman–Crippen LogP) is 3.97. The summed E-state index contributed by atoms with van der Waals surface area (Å²) in [5.41, 5.74) is 2.15. The lowest BCUT2D eigenvalue weighted by Gasteiger charge is -2.24. The molecule has 0 fully saturated rings. The van der Waals surface area contributed by atoms with Crippen molar-refractivity contribution in [2.75, 3.05) is 0 Å². The summed E-state index contributed by atoms with van der Waals surface area (Å²) < 4.78 is 51.4. The normalized spacial score (nSPS) is 20.1. The summed E-state index contributed by atoms with van der Waals surface area (Å²) in [6.07, 6.45) is -3.75. The van der Waals surface area contributed by atoms with E-state index in [1.54, 1.807) is 6.07 Å². The van der Waals surface area contributed by atoms with Crippen LogP contribution in [0.25, 0.3) is 10.9 Å². The van der Waals surface area contributed by atoms with Crippen molar-refractivity contribution in [2.24, 2.45) is 5.92 Å². The first-order chi connectivity index (χ1) is 8.45. The number of hydrogen-bond donors (Lipinski definition) is 1. The van der Waals surface area contributed by atoms with Crippen LogP contribution in [0.1, 0.15) is 17.7 Å². The molecule has 1 aliphatic rings. The zero-order valence-corrected chi connectivity index (χ0v) is 9.44. The Morgan fingerprint density at radius 2 is 2.00 bits per heavy atom. The van der Waals surface area contributed by atoms with Gasteiger partial charge < -0.3 is 4.98 Å². The SMILES string of the molecule is Fc1ccc2[nH]c3c(c2c1)CC(C(F)(F)F)CC3. The van der Waals surface area contributed by atoms with Crippen molar-refractivity contribution in [1.29, 1.82) is 0 Å². The number of alkyl halides is 3. The lowest BCUT2D eigenvalue weighted by molar-refractivity contribution is -0.177. The molecule has 3 rings (SSSR count). The number of H-pyrrole nitrogens is 1. The number of aromatic nitrogens is 1. The van der Waals surface area contributed by atoms with Crippen molar-refractivity contribution < 1.29 is 17.6 Å². The molecule has 1 heterocycles. The van der Waals surface area contributed by atoms with Gasteiger partial charge in [0.1, 0.15) is 5.82 Å². The van der Waals surface area contributed by atoms with Gasteiger partial charge in [-0.25, -0.2) is 4.39 Å². The molecule has 0 bridgehead atoms. The van der Waals surface area contributed by atoms with Gasteiger partial charge in [0.05, 0.1) is 5.92 Å². The lowest BCUT2D eigenvalue weighted by atomic mass is 9.86. The van der Waals surface area contributed by atoms with Crippen LogP contribution in [-0.4, -0.2) is 11.2 Å². The lowest BCUT2D eigenvalue weighted by Crippen LogP contribution is -2.28. The zero-order chi connectivity index (χ0) is 12.9. The van der Waals surface area contributed by atoms with E-state index in [2.05, 4.69) is 4.98 Å². The van der Waals surface area contributed by atoms with E-state index in [1.165, 1.54) is 12.1 Å². The van der Waals surface area contributed by atoms with Gasteiger partial charge in [-0.2, -0.15) is 13.2 Å². The molecule has 0 saturated carbocycles. The zero-order valence-electron chi connectivity index (χ0n) is 9.44. The molecule has 0 radical (unpaired) electrons. The molecule has 18 heavy (non-hydrogen) atoms. The van der Waals surface area contributed by atoms with E-state index in [4.69, 9.17) is 0 Å². The summed E-state index contributed by atoms with van der Waals surface area (Å²) in [7, 11) is 0. The van der Waals surface area contributed by atoms with Gasteiger partial charge >= 0.3 is 6.18 Å². The molecule has 0 saturated heterocycles. The number of aryl methyl sites for hydroxylation is 1. The van der Waals surface area contributed by atoms with Gasteiger partial charge in [-0.15, -0.1) is 0 Å². The highest BCUT2D eigenvalue weighted by Gasteiger charge is 2.41. The van der Waals surface area contributed by atoms with E-state index in [-0.39, 0.29) is 12.8 Å². The van der Waals surface area contributed by atoms with Gasteiger partial charge in [-0.05, 0) is 43.0 Å². The van der Waals surface area contributed by atoms with Crippen molar-refractivity contribution in [1.82, 2.24) is 4.98 Å². The van der Waals surface area contributed by atoms with Crippen LogP contribution in [-0.2, 0) is 12.8 Å². The number of nitrogens with one attached hydrogen (secondary N) is 1. The van der Waals surface area contributed by atoms with Crippen molar-refractivity contribution in [3.8, 4) is 0 Å². The molecular formula is C13H11F4N. The first kappa shape index (κ1) is 11.6. The minimum Gasteiger partial charge on any atom is -0.358 e. The predicted molar refractivity (Wildman–Crippen MR) is 59.8 cm³/mol. The fourth-order valence-electron chi connectivity index (χ4n) is 2.67. The van der Waals surface area contributed by atoms with Crippen LogP contribution in [0.4, 0.5) is 17.6 Å². The van der Waals surface area contributed by atoms with Crippen LogP contribution < -0.4 is 0 Å². The van der Waals surface area contributed by atoms with Crippen molar-refractivity contribution in [3.05, 3.63) is 35.3 Å². The van der Waals surface area contributed by atoms with E-state index in [1.807, 2.05) is 0 Å². The summed E-state index contributed by atoms with van der Waals surface area (Å²) in [5, 5.41) is 0.582. The standard InChI is InChI=1S/C13H11F4N/c14-8-2-4-12-10(6-8)9-5-7(13(15,16)17)1-3-11(9)18-12/h2,4,6-7,18H,1,3,5H2. The van der Waals surface area contributed by atoms with Crippen LogP contribution >= 0.6 is 0 Å². The average molecular weight is 257 g/mol. The Kier molecular flexibility index (Phi) is 2.40. The van der Waals surface area contributed by atoms with Crippen LogP contribution in [0.2, 0.25) is 0 Å². The van der Waals surface area contributed by atoms with Crippen molar-refractivity contribution in [2.45, 2.75) is 25.4 Å². The number of aromatic amines is 1. The third-order valence-electron chi connectivity index (χ3n) is 3.61. The summed E-state index contributed by atoms with van der Waals surface area (Å²) in [5.74, 6) is -1.73. The number of halogens is 4. The highest BCUT2D eigenvalue weighted by Crippen LogP contribution is 2.39. The first-order valence-electron chi connectivity index (χ1n) is 5.81. The first-order valence-corrected chi connectivity index (χ1v) is 5.81. The van der Waals surface area contributed by atoms with E-state index in [0.717, 1.165) is 5.69 Å². The molecule has 0 spiro atoms. The Bertz CT molecular complexity index is 597. The second kappa shape index (κ2) is 3.73. The second-order valence-corrected chi connectivity index (χ2v) is 4.75. The largest absolute Gasteiger partial charge is 0.392 e. The quantitative estimate of drug-likeness (QED) is 0.687. The summed E-state index contributed by atoms with van der Waals surface area (Å²) in [6.45, 7) is 0. The van der Waals surface area contributed by atoms with Crippen LogP contribution in [0.15, 0.2) is 18.2 Å². The number of hydrogen-bond acceptors (Lipinski definition) is 0. The molecule has 1 aromatic carbocycles. The maximum atomic E-state index is 13.2. The van der Waals surface area contributed by atoms with E-state index < -0.39 is 17.9 Å². The number of rotatable bonds is 0. The summed E-state index contributed by atoms with van der Waals surface area (Å²) in [6, 6.07) is 4.19. The maximum absolute atomic E-state index is 13.2. The molecule has 1 atom stereocenters. The highest BCUT2D eigenvalue weighted by atomic mass is 19.4.